The van der Waals surface area contributed by atoms with Crippen molar-refractivity contribution in [3.63, 3.8) is 0 Å². The average molecular weight is 272 g/mol. The van der Waals surface area contributed by atoms with E-state index in [0.717, 1.165) is 31.4 Å². The fourth-order valence-corrected chi connectivity index (χ4v) is 3.39. The van der Waals surface area contributed by atoms with Crippen molar-refractivity contribution < 1.29 is 12.8 Å². The maximum absolute atomic E-state index is 13.0. The van der Waals surface area contributed by atoms with Crippen molar-refractivity contribution in [1.82, 2.24) is 4.72 Å². The van der Waals surface area contributed by atoms with E-state index in [1.54, 1.807) is 0 Å². The van der Waals surface area contributed by atoms with E-state index >= 15 is 0 Å². The fourth-order valence-electron chi connectivity index (χ4n) is 2.04. The van der Waals surface area contributed by atoms with E-state index < -0.39 is 15.8 Å². The first-order valence-electron chi connectivity index (χ1n) is 6.01. The van der Waals surface area contributed by atoms with Gasteiger partial charge in [-0.05, 0) is 37.0 Å². The number of anilines is 1. The molecule has 0 aliphatic heterocycles. The summed E-state index contributed by atoms with van der Waals surface area (Å²) in [4.78, 5) is 0.0172. The normalized spacial score (nSPS) is 23.0. The van der Waals surface area contributed by atoms with Gasteiger partial charge < -0.3 is 5.73 Å². The van der Waals surface area contributed by atoms with Crippen LogP contribution in [0.3, 0.4) is 0 Å². The molecular formula is C12H17FN2O2S. The summed E-state index contributed by atoms with van der Waals surface area (Å²) in [5.41, 5.74) is 5.22. The van der Waals surface area contributed by atoms with E-state index in [9.17, 15) is 12.8 Å². The van der Waals surface area contributed by atoms with Crippen molar-refractivity contribution in [1.29, 1.82) is 0 Å². The molecule has 2 rings (SSSR count). The van der Waals surface area contributed by atoms with Crippen molar-refractivity contribution in [3.05, 3.63) is 24.0 Å². The molecule has 6 heteroatoms. The lowest BCUT2D eigenvalue weighted by Crippen LogP contribution is -2.27. The van der Waals surface area contributed by atoms with Crippen LogP contribution < -0.4 is 10.5 Å². The van der Waals surface area contributed by atoms with E-state index in [1.807, 2.05) is 0 Å². The van der Waals surface area contributed by atoms with Gasteiger partial charge in [0.25, 0.3) is 0 Å². The molecule has 1 aliphatic rings. The third-order valence-corrected chi connectivity index (χ3v) is 4.65. The smallest absolute Gasteiger partial charge is 0.240 e. The highest BCUT2D eigenvalue weighted by atomic mass is 32.2. The largest absolute Gasteiger partial charge is 0.396 e. The van der Waals surface area contributed by atoms with Gasteiger partial charge in [-0.3, -0.25) is 0 Å². The third-order valence-electron chi connectivity index (χ3n) is 3.17. The minimum Gasteiger partial charge on any atom is -0.396 e. The van der Waals surface area contributed by atoms with Crippen molar-refractivity contribution in [2.75, 3.05) is 5.73 Å². The lowest BCUT2D eigenvalue weighted by atomic mass is 10.2. The maximum Gasteiger partial charge on any atom is 0.240 e. The Morgan fingerprint density at radius 3 is 2.83 bits per heavy atom. The molecule has 0 amide bonds. The number of nitrogen functional groups attached to an aromatic ring is 1. The third kappa shape index (κ3) is 2.81. The van der Waals surface area contributed by atoms with E-state index in [-0.39, 0.29) is 16.6 Å². The molecule has 1 aromatic carbocycles. The lowest BCUT2D eigenvalue weighted by molar-refractivity contribution is 0.572. The molecule has 0 spiro atoms. The van der Waals surface area contributed by atoms with Crippen LogP contribution in [-0.4, -0.2) is 14.5 Å². The molecule has 1 saturated carbocycles. The summed E-state index contributed by atoms with van der Waals surface area (Å²) in [6.45, 7) is 2.07. The highest BCUT2D eigenvalue weighted by molar-refractivity contribution is 7.89. The van der Waals surface area contributed by atoms with Crippen LogP contribution in [0.2, 0.25) is 0 Å². The van der Waals surface area contributed by atoms with Crippen molar-refractivity contribution >= 4 is 15.7 Å². The molecule has 1 aromatic rings. The van der Waals surface area contributed by atoms with E-state index in [4.69, 9.17) is 5.73 Å². The predicted octanol–water partition coefficient (Wildman–Crippen LogP) is 1.87. The van der Waals surface area contributed by atoms with Crippen LogP contribution in [0.1, 0.15) is 26.2 Å². The zero-order chi connectivity index (χ0) is 13.3. The fraction of sp³-hybridized carbons (Fsp3) is 0.500. The van der Waals surface area contributed by atoms with Crippen LogP contribution in [0, 0.1) is 11.7 Å². The Hall–Kier alpha value is -1.14. The molecule has 0 bridgehead atoms. The van der Waals surface area contributed by atoms with Gasteiger partial charge in [0.2, 0.25) is 10.0 Å². The quantitative estimate of drug-likeness (QED) is 0.804. The number of nitrogens with two attached hydrogens (primary N) is 1. The first kappa shape index (κ1) is 13.3. The number of hydrogen-bond acceptors (Lipinski definition) is 3. The van der Waals surface area contributed by atoms with Crippen LogP contribution in [0.5, 0.6) is 0 Å². The van der Waals surface area contributed by atoms with Gasteiger partial charge in [-0.25, -0.2) is 17.5 Å². The summed E-state index contributed by atoms with van der Waals surface area (Å²) in [6.07, 6.45) is 2.95. The number of benzene rings is 1. The number of nitrogens with one attached hydrogen (secondary N) is 1. The van der Waals surface area contributed by atoms with Crippen molar-refractivity contribution in [2.24, 2.45) is 5.92 Å². The Morgan fingerprint density at radius 1 is 1.50 bits per heavy atom. The summed E-state index contributed by atoms with van der Waals surface area (Å²) in [5.74, 6) is -0.174. The molecule has 100 valence electrons. The second-order valence-electron chi connectivity index (χ2n) is 4.70. The highest BCUT2D eigenvalue weighted by Gasteiger charge is 2.39. The molecule has 0 saturated heterocycles. The lowest BCUT2D eigenvalue weighted by Gasteiger charge is -2.07. The Labute approximate surface area is 106 Å². The molecule has 0 radical (unpaired) electrons. The second-order valence-corrected chi connectivity index (χ2v) is 6.41. The van der Waals surface area contributed by atoms with Gasteiger partial charge in [-0.2, -0.15) is 0 Å². The first-order valence-corrected chi connectivity index (χ1v) is 7.49. The molecule has 2 unspecified atom stereocenters. The summed E-state index contributed by atoms with van der Waals surface area (Å²) in [7, 11) is -3.58. The number of rotatable bonds is 5. The molecule has 0 heterocycles. The Kier molecular flexibility index (Phi) is 3.59. The van der Waals surface area contributed by atoms with Gasteiger partial charge in [0.1, 0.15) is 5.82 Å². The minimum absolute atomic E-state index is 0.0150. The summed E-state index contributed by atoms with van der Waals surface area (Å²) in [5, 5.41) is 0. The standard InChI is InChI=1S/C12H17FN2O2S/c1-2-3-8-6-12(8)15-18(16,17)9-4-5-10(13)11(14)7-9/h4-5,7-8,12,15H,2-3,6,14H2,1H3. The predicted molar refractivity (Wildman–Crippen MR) is 67.9 cm³/mol. The van der Waals surface area contributed by atoms with Crippen LogP contribution in [-0.2, 0) is 10.0 Å². The maximum atomic E-state index is 13.0. The van der Waals surface area contributed by atoms with Crippen molar-refractivity contribution in [3.8, 4) is 0 Å². The van der Waals surface area contributed by atoms with Gasteiger partial charge in [-0.1, -0.05) is 13.3 Å². The highest BCUT2D eigenvalue weighted by Crippen LogP contribution is 2.35. The monoisotopic (exact) mass is 272 g/mol. The Bertz CT molecular complexity index is 545. The minimum atomic E-state index is -3.58. The molecule has 1 aliphatic carbocycles. The molecule has 2 atom stereocenters. The molecular weight excluding hydrogens is 255 g/mol. The second kappa shape index (κ2) is 4.85. The molecule has 3 N–H and O–H groups in total. The van der Waals surface area contributed by atoms with Crippen LogP contribution in [0.4, 0.5) is 10.1 Å². The summed E-state index contributed by atoms with van der Waals surface area (Å²) >= 11 is 0. The van der Waals surface area contributed by atoms with Crippen LogP contribution in [0.15, 0.2) is 23.1 Å². The number of sulfonamides is 1. The van der Waals surface area contributed by atoms with Gasteiger partial charge in [0.15, 0.2) is 0 Å². The van der Waals surface area contributed by atoms with Crippen molar-refractivity contribution in [2.45, 2.75) is 37.1 Å². The van der Waals surface area contributed by atoms with Gasteiger partial charge in [-0.15, -0.1) is 0 Å². The first-order chi connectivity index (χ1) is 8.44. The molecule has 18 heavy (non-hydrogen) atoms. The van der Waals surface area contributed by atoms with E-state index in [1.165, 1.54) is 6.07 Å². The number of hydrogen-bond donors (Lipinski definition) is 2. The zero-order valence-corrected chi connectivity index (χ0v) is 11.0. The van der Waals surface area contributed by atoms with Gasteiger partial charge >= 0.3 is 0 Å². The molecule has 4 nitrogen and oxygen atoms in total. The van der Waals surface area contributed by atoms with Crippen LogP contribution >= 0.6 is 0 Å². The molecule has 1 fully saturated rings. The summed E-state index contributed by atoms with van der Waals surface area (Å²) in [6, 6.07) is 3.46. The topological polar surface area (TPSA) is 72.2 Å². The van der Waals surface area contributed by atoms with Gasteiger partial charge in [0.05, 0.1) is 10.6 Å². The zero-order valence-electron chi connectivity index (χ0n) is 10.2. The SMILES string of the molecule is CCCC1CC1NS(=O)(=O)c1ccc(F)c(N)c1. The Balaban J connectivity index is 2.09. The van der Waals surface area contributed by atoms with Gasteiger partial charge in [0, 0.05) is 6.04 Å². The Morgan fingerprint density at radius 2 is 2.22 bits per heavy atom. The van der Waals surface area contributed by atoms with E-state index in [2.05, 4.69) is 11.6 Å². The van der Waals surface area contributed by atoms with Crippen LogP contribution in [0.25, 0.3) is 0 Å². The number of halogens is 1. The summed E-state index contributed by atoms with van der Waals surface area (Å²) < 4.78 is 39.6. The molecule has 0 aromatic heterocycles. The average Bonchev–Trinajstić information content (AvgIpc) is 3.00. The van der Waals surface area contributed by atoms with E-state index in [0.29, 0.717) is 5.92 Å².